The van der Waals surface area contributed by atoms with Crippen molar-refractivity contribution < 1.29 is 0 Å². The van der Waals surface area contributed by atoms with Gasteiger partial charge >= 0.3 is 0 Å². The molecule has 0 unspecified atom stereocenters. The van der Waals surface area contributed by atoms with Crippen LogP contribution in [0.25, 0.3) is 16.7 Å². The minimum atomic E-state index is 1.05. The van der Waals surface area contributed by atoms with E-state index in [2.05, 4.69) is 40.6 Å². The highest BCUT2D eigenvalue weighted by Crippen LogP contribution is 2.22. The molecule has 3 aromatic heterocycles. The number of aromatic nitrogens is 2. The van der Waals surface area contributed by atoms with E-state index in [1.807, 2.05) is 6.92 Å². The van der Waals surface area contributed by atoms with Gasteiger partial charge in [0.05, 0.1) is 5.52 Å². The maximum absolute atomic E-state index is 4.46. The van der Waals surface area contributed by atoms with E-state index in [4.69, 9.17) is 0 Å². The molecule has 0 fully saturated rings. The van der Waals surface area contributed by atoms with E-state index >= 15 is 0 Å². The zero-order valence-corrected chi connectivity index (χ0v) is 7.70. The molecule has 3 aromatic rings. The molecule has 0 spiro atoms. The summed E-state index contributed by atoms with van der Waals surface area (Å²) >= 11 is 0. The molecule has 3 rings (SSSR count). The van der Waals surface area contributed by atoms with Crippen LogP contribution >= 0.6 is 0 Å². The summed E-state index contributed by atoms with van der Waals surface area (Å²) in [7, 11) is 0. The lowest BCUT2D eigenvalue weighted by Gasteiger charge is -1.96. The molecule has 0 bridgehead atoms. The van der Waals surface area contributed by atoms with Crippen molar-refractivity contribution >= 4 is 16.7 Å². The molecule has 0 N–H and O–H groups in total. The Labute approximate surface area is 76.2 Å². The molecule has 13 heavy (non-hydrogen) atoms. The van der Waals surface area contributed by atoms with Gasteiger partial charge in [-0.3, -0.25) is 4.40 Å². The van der Waals surface area contributed by atoms with Gasteiger partial charge < -0.3 is 0 Å². The van der Waals surface area contributed by atoms with E-state index < -0.39 is 0 Å². The van der Waals surface area contributed by atoms with Crippen molar-refractivity contribution in [1.82, 2.24) is 9.38 Å². The first kappa shape index (κ1) is 6.89. The third kappa shape index (κ3) is 0.750. The monoisotopic (exact) mass is 170 g/mol. The minimum Gasteiger partial charge on any atom is -0.295 e. The normalized spacial score (nSPS) is 11.8. The lowest BCUT2D eigenvalue weighted by molar-refractivity contribution is 1.16. The summed E-state index contributed by atoms with van der Waals surface area (Å²) in [6, 6.07) is 8.52. The highest BCUT2D eigenvalue weighted by atomic mass is 15.0. The van der Waals surface area contributed by atoms with Crippen LogP contribution in [0, 0.1) is 13.8 Å². The van der Waals surface area contributed by atoms with Crippen LogP contribution < -0.4 is 0 Å². The Morgan fingerprint density at radius 1 is 1.15 bits per heavy atom. The van der Waals surface area contributed by atoms with E-state index in [1.54, 1.807) is 0 Å². The number of rotatable bonds is 0. The molecule has 3 heterocycles. The lowest BCUT2D eigenvalue weighted by Crippen LogP contribution is -1.88. The summed E-state index contributed by atoms with van der Waals surface area (Å²) in [6.45, 7) is 4.17. The maximum atomic E-state index is 4.46. The second-order valence-electron chi connectivity index (χ2n) is 3.56. The number of hydrogen-bond donors (Lipinski definition) is 0. The molecule has 0 radical (unpaired) electrons. The first-order valence-corrected chi connectivity index (χ1v) is 4.43. The average Bonchev–Trinajstić information content (AvgIpc) is 2.58. The van der Waals surface area contributed by atoms with E-state index in [-0.39, 0.29) is 0 Å². The summed E-state index contributed by atoms with van der Waals surface area (Å²) < 4.78 is 2.20. The van der Waals surface area contributed by atoms with Gasteiger partial charge in [0.2, 0.25) is 0 Å². The molecule has 2 heteroatoms. The van der Waals surface area contributed by atoms with Crippen molar-refractivity contribution in [1.29, 1.82) is 0 Å². The molecule has 0 aliphatic carbocycles. The minimum absolute atomic E-state index is 1.05. The molecule has 0 aliphatic heterocycles. The zero-order chi connectivity index (χ0) is 9.00. The second kappa shape index (κ2) is 2.02. The van der Waals surface area contributed by atoms with Crippen molar-refractivity contribution in [3.05, 3.63) is 35.5 Å². The van der Waals surface area contributed by atoms with Gasteiger partial charge in [0.25, 0.3) is 0 Å². The molecule has 0 amide bonds. The molecule has 2 nitrogen and oxygen atoms in total. The number of nitrogens with zero attached hydrogens (tertiary/aromatic N) is 2. The van der Waals surface area contributed by atoms with Gasteiger partial charge in [0.1, 0.15) is 5.65 Å². The van der Waals surface area contributed by atoms with Crippen LogP contribution in [0.1, 0.15) is 11.3 Å². The molecule has 0 saturated carbocycles. The summed E-state index contributed by atoms with van der Waals surface area (Å²) in [5, 5.41) is 0. The fourth-order valence-electron chi connectivity index (χ4n) is 1.99. The van der Waals surface area contributed by atoms with Gasteiger partial charge in [-0.05, 0) is 43.7 Å². The lowest BCUT2D eigenvalue weighted by atomic mass is 10.3. The fraction of sp³-hybridized carbons (Fsp3) is 0.182. The smallest absolute Gasteiger partial charge is 0.137 e. The molecule has 0 saturated heterocycles. The summed E-state index contributed by atoms with van der Waals surface area (Å²) in [5.74, 6) is 0. The van der Waals surface area contributed by atoms with Crippen molar-refractivity contribution in [3.8, 4) is 0 Å². The van der Waals surface area contributed by atoms with Crippen molar-refractivity contribution in [3.63, 3.8) is 0 Å². The Balaban J connectivity index is 2.70. The summed E-state index contributed by atoms with van der Waals surface area (Å²) in [6.07, 6.45) is 0. The van der Waals surface area contributed by atoms with Gasteiger partial charge in [-0.1, -0.05) is 0 Å². The van der Waals surface area contributed by atoms with Crippen LogP contribution in [0.4, 0.5) is 0 Å². The third-order valence-corrected chi connectivity index (χ3v) is 2.53. The standard InChI is InChI=1S/C11H10N2/c1-7-5-9-6-8(2)12-11-4-3-10(7)13(9)11/h3-6H,1-2H3. The van der Waals surface area contributed by atoms with Crippen LogP contribution in [0.5, 0.6) is 0 Å². The quantitative estimate of drug-likeness (QED) is 0.506. The second-order valence-corrected chi connectivity index (χ2v) is 3.56. The predicted octanol–water partition coefficient (Wildman–Crippen LogP) is 2.54. The van der Waals surface area contributed by atoms with Crippen LogP contribution in [-0.4, -0.2) is 9.38 Å². The van der Waals surface area contributed by atoms with Gasteiger partial charge in [-0.2, -0.15) is 0 Å². The Bertz CT molecular complexity index is 572. The highest BCUT2D eigenvalue weighted by molar-refractivity contribution is 5.75. The van der Waals surface area contributed by atoms with Crippen LogP contribution in [0.3, 0.4) is 0 Å². The molecular formula is C11H10N2. The van der Waals surface area contributed by atoms with Gasteiger partial charge in [0, 0.05) is 11.2 Å². The molecular weight excluding hydrogens is 160 g/mol. The van der Waals surface area contributed by atoms with Crippen molar-refractivity contribution in [2.24, 2.45) is 0 Å². The van der Waals surface area contributed by atoms with Crippen LogP contribution in [0.15, 0.2) is 24.3 Å². The van der Waals surface area contributed by atoms with Gasteiger partial charge in [-0.15, -0.1) is 0 Å². The fourth-order valence-corrected chi connectivity index (χ4v) is 1.99. The largest absolute Gasteiger partial charge is 0.295 e. The average molecular weight is 170 g/mol. The topological polar surface area (TPSA) is 17.3 Å². The highest BCUT2D eigenvalue weighted by Gasteiger charge is 2.07. The Kier molecular flexibility index (Phi) is 1.07. The third-order valence-electron chi connectivity index (χ3n) is 2.53. The van der Waals surface area contributed by atoms with Crippen LogP contribution in [-0.2, 0) is 0 Å². The molecule has 64 valence electrons. The van der Waals surface area contributed by atoms with E-state index in [0.717, 1.165) is 11.3 Å². The SMILES string of the molecule is Cc1cc2cc(C)c3ccc(n1)n23. The van der Waals surface area contributed by atoms with Gasteiger partial charge in [-0.25, -0.2) is 4.98 Å². The molecule has 0 aromatic carbocycles. The van der Waals surface area contributed by atoms with E-state index in [1.165, 1.54) is 16.6 Å². The Morgan fingerprint density at radius 3 is 2.85 bits per heavy atom. The van der Waals surface area contributed by atoms with Crippen molar-refractivity contribution in [2.45, 2.75) is 13.8 Å². The Hall–Kier alpha value is -1.57. The van der Waals surface area contributed by atoms with E-state index in [0.29, 0.717) is 0 Å². The van der Waals surface area contributed by atoms with E-state index in [9.17, 15) is 0 Å². The number of hydrogen-bond acceptors (Lipinski definition) is 1. The first-order valence-electron chi connectivity index (χ1n) is 4.43. The van der Waals surface area contributed by atoms with Gasteiger partial charge in [0.15, 0.2) is 0 Å². The van der Waals surface area contributed by atoms with Crippen LogP contribution in [0.2, 0.25) is 0 Å². The Morgan fingerprint density at radius 2 is 2.00 bits per heavy atom. The zero-order valence-electron chi connectivity index (χ0n) is 7.70. The maximum Gasteiger partial charge on any atom is 0.137 e. The first-order chi connectivity index (χ1) is 6.25. The molecule has 0 aliphatic rings. The van der Waals surface area contributed by atoms with Crippen molar-refractivity contribution in [2.75, 3.05) is 0 Å². The summed E-state index contributed by atoms with van der Waals surface area (Å²) in [5.41, 5.74) is 5.98. The number of aryl methyl sites for hydroxylation is 2. The predicted molar refractivity (Wildman–Crippen MR) is 53.4 cm³/mol. The summed E-state index contributed by atoms with van der Waals surface area (Å²) in [4.78, 5) is 4.46. The molecule has 0 atom stereocenters.